The molecule has 0 radical (unpaired) electrons. The molecule has 0 aliphatic carbocycles. The highest BCUT2D eigenvalue weighted by Gasteiger charge is 2.24. The molecule has 0 aromatic carbocycles. The highest BCUT2D eigenvalue weighted by Crippen LogP contribution is 2.05. The molecule has 21 heavy (non-hydrogen) atoms. The number of hydrogen-bond acceptors (Lipinski definition) is 5. The second kappa shape index (κ2) is 9.11. The molecular weight excluding hydrogens is 292 g/mol. The van der Waals surface area contributed by atoms with Gasteiger partial charge in [0, 0.05) is 32.2 Å². The second-order valence-electron chi connectivity index (χ2n) is 5.42. The molecule has 122 valence electrons. The molecule has 3 N–H and O–H groups in total. The largest absolute Gasteiger partial charge is 0.480 e. The summed E-state index contributed by atoms with van der Waals surface area (Å²) in [6.07, 6.45) is 2.34. The average Bonchev–Trinajstić information content (AvgIpc) is 2.44. The molecule has 7 nitrogen and oxygen atoms in total. The van der Waals surface area contributed by atoms with Crippen LogP contribution in [-0.2, 0) is 4.79 Å². The van der Waals surface area contributed by atoms with E-state index in [-0.39, 0.29) is 6.04 Å². The van der Waals surface area contributed by atoms with Crippen molar-refractivity contribution < 1.29 is 14.7 Å². The topological polar surface area (TPSA) is 84.9 Å². The van der Waals surface area contributed by atoms with Gasteiger partial charge in [0.2, 0.25) is 0 Å². The first-order valence-electron chi connectivity index (χ1n) is 7.09. The van der Waals surface area contributed by atoms with Crippen LogP contribution in [0.5, 0.6) is 0 Å². The van der Waals surface area contributed by atoms with Gasteiger partial charge in [-0.1, -0.05) is 0 Å². The lowest BCUT2D eigenvalue weighted by atomic mass is 10.2. The minimum Gasteiger partial charge on any atom is -0.480 e. The summed E-state index contributed by atoms with van der Waals surface area (Å²) in [5.74, 6) is -0.290. The summed E-state index contributed by atoms with van der Waals surface area (Å²) < 4.78 is 0. The molecule has 0 aromatic heterocycles. The fourth-order valence-electron chi connectivity index (χ4n) is 2.23. The van der Waals surface area contributed by atoms with Crippen LogP contribution in [-0.4, -0.2) is 91.3 Å². The number of hydrogen-bond donors (Lipinski definition) is 3. The van der Waals surface area contributed by atoms with Gasteiger partial charge >= 0.3 is 12.0 Å². The SMILES string of the molecule is CSCC[C@H](NC(=O)NCC1CN(C)CCN1C)C(=O)O. The fourth-order valence-corrected chi connectivity index (χ4v) is 2.71. The number of rotatable bonds is 7. The normalized spacial score (nSPS) is 21.8. The summed E-state index contributed by atoms with van der Waals surface area (Å²) in [4.78, 5) is 27.3. The molecule has 1 heterocycles. The molecule has 0 aromatic rings. The van der Waals surface area contributed by atoms with Gasteiger partial charge in [-0.3, -0.25) is 4.90 Å². The number of amides is 2. The lowest BCUT2D eigenvalue weighted by Crippen LogP contribution is -2.56. The minimum absolute atomic E-state index is 0.254. The Hall–Kier alpha value is -0.990. The van der Waals surface area contributed by atoms with Crippen LogP contribution in [0.25, 0.3) is 0 Å². The average molecular weight is 318 g/mol. The summed E-state index contributed by atoms with van der Waals surface area (Å²) in [6, 6.07) is -0.988. The van der Waals surface area contributed by atoms with Crippen LogP contribution in [0.1, 0.15) is 6.42 Å². The molecule has 1 unspecified atom stereocenters. The number of urea groups is 1. The van der Waals surface area contributed by atoms with E-state index in [4.69, 9.17) is 5.11 Å². The van der Waals surface area contributed by atoms with Crippen molar-refractivity contribution in [3.63, 3.8) is 0 Å². The van der Waals surface area contributed by atoms with Gasteiger partial charge in [-0.25, -0.2) is 9.59 Å². The molecule has 0 bridgehead atoms. The highest BCUT2D eigenvalue weighted by atomic mass is 32.2. The Morgan fingerprint density at radius 1 is 1.38 bits per heavy atom. The predicted molar refractivity (Wildman–Crippen MR) is 84.9 cm³/mol. The van der Waals surface area contributed by atoms with E-state index in [0.29, 0.717) is 18.7 Å². The maximum absolute atomic E-state index is 11.8. The number of nitrogens with zero attached hydrogens (tertiary/aromatic N) is 2. The maximum Gasteiger partial charge on any atom is 0.326 e. The third kappa shape index (κ3) is 6.54. The van der Waals surface area contributed by atoms with Gasteiger partial charge in [0.1, 0.15) is 6.04 Å². The third-order valence-electron chi connectivity index (χ3n) is 3.69. The number of nitrogens with one attached hydrogen (secondary N) is 2. The van der Waals surface area contributed by atoms with E-state index in [9.17, 15) is 9.59 Å². The zero-order valence-electron chi connectivity index (χ0n) is 13.0. The van der Waals surface area contributed by atoms with Gasteiger partial charge in [0.25, 0.3) is 0 Å². The van der Waals surface area contributed by atoms with Gasteiger partial charge in [-0.15, -0.1) is 0 Å². The Morgan fingerprint density at radius 2 is 2.10 bits per heavy atom. The zero-order valence-corrected chi connectivity index (χ0v) is 13.8. The molecule has 0 saturated carbocycles. The molecule has 1 saturated heterocycles. The Labute approximate surface area is 130 Å². The molecule has 0 spiro atoms. The van der Waals surface area contributed by atoms with Crippen molar-refractivity contribution in [3.05, 3.63) is 0 Å². The Bertz CT molecular complexity index is 356. The van der Waals surface area contributed by atoms with Crippen LogP contribution >= 0.6 is 11.8 Å². The third-order valence-corrected chi connectivity index (χ3v) is 4.34. The summed E-state index contributed by atoms with van der Waals surface area (Å²) in [5, 5.41) is 14.4. The maximum atomic E-state index is 11.8. The van der Waals surface area contributed by atoms with E-state index in [0.717, 1.165) is 19.6 Å². The van der Waals surface area contributed by atoms with Crippen LogP contribution < -0.4 is 10.6 Å². The number of carbonyl (C=O) groups is 2. The molecular formula is C13H26N4O3S. The second-order valence-corrected chi connectivity index (χ2v) is 6.41. The first-order valence-corrected chi connectivity index (χ1v) is 8.48. The number of piperazine rings is 1. The van der Waals surface area contributed by atoms with Gasteiger partial charge in [0.05, 0.1) is 0 Å². The predicted octanol–water partition coefficient (Wildman–Crippen LogP) is -0.262. The Balaban J connectivity index is 2.36. The van der Waals surface area contributed by atoms with Gasteiger partial charge < -0.3 is 20.6 Å². The highest BCUT2D eigenvalue weighted by molar-refractivity contribution is 7.98. The van der Waals surface area contributed by atoms with Crippen LogP contribution in [0, 0.1) is 0 Å². The summed E-state index contributed by atoms with van der Waals surface area (Å²) in [7, 11) is 4.10. The van der Waals surface area contributed by atoms with Gasteiger partial charge in [-0.2, -0.15) is 11.8 Å². The van der Waals surface area contributed by atoms with E-state index in [1.54, 1.807) is 11.8 Å². The number of aliphatic carboxylic acids is 1. The number of likely N-dealkylation sites (N-methyl/N-ethyl adjacent to an activating group) is 2. The fraction of sp³-hybridized carbons (Fsp3) is 0.846. The van der Waals surface area contributed by atoms with E-state index < -0.39 is 18.0 Å². The van der Waals surface area contributed by atoms with Crippen molar-refractivity contribution in [2.24, 2.45) is 0 Å². The van der Waals surface area contributed by atoms with Crippen molar-refractivity contribution in [2.45, 2.75) is 18.5 Å². The van der Waals surface area contributed by atoms with E-state index >= 15 is 0 Å². The first kappa shape index (κ1) is 18.1. The molecule has 8 heteroatoms. The minimum atomic E-state index is -0.992. The van der Waals surface area contributed by atoms with Crippen molar-refractivity contribution in [2.75, 3.05) is 52.3 Å². The van der Waals surface area contributed by atoms with Crippen LogP contribution in [0.2, 0.25) is 0 Å². The summed E-state index contributed by atoms with van der Waals surface area (Å²) in [6.45, 7) is 3.40. The molecule has 1 fully saturated rings. The van der Waals surface area contributed by atoms with E-state index in [1.165, 1.54) is 0 Å². The van der Waals surface area contributed by atoms with Crippen LogP contribution in [0.15, 0.2) is 0 Å². The lowest BCUT2D eigenvalue weighted by molar-refractivity contribution is -0.139. The monoisotopic (exact) mass is 318 g/mol. The van der Waals surface area contributed by atoms with Crippen LogP contribution in [0.3, 0.4) is 0 Å². The molecule has 2 amide bonds. The van der Waals surface area contributed by atoms with Crippen molar-refractivity contribution in [1.29, 1.82) is 0 Å². The number of carboxylic acid groups (broad SMARTS) is 1. The molecule has 1 rings (SSSR count). The smallest absolute Gasteiger partial charge is 0.326 e. The van der Waals surface area contributed by atoms with Crippen molar-refractivity contribution in [1.82, 2.24) is 20.4 Å². The van der Waals surface area contributed by atoms with Crippen molar-refractivity contribution in [3.8, 4) is 0 Å². The Morgan fingerprint density at radius 3 is 2.71 bits per heavy atom. The van der Waals surface area contributed by atoms with Gasteiger partial charge in [-0.05, 0) is 32.5 Å². The molecule has 1 aliphatic heterocycles. The summed E-state index contributed by atoms with van der Waals surface area (Å²) >= 11 is 1.56. The van der Waals surface area contributed by atoms with Crippen molar-refractivity contribution >= 4 is 23.8 Å². The number of thioether (sulfide) groups is 1. The number of carboxylic acids is 1. The number of carbonyl (C=O) groups excluding carboxylic acids is 1. The van der Waals surface area contributed by atoms with Crippen LogP contribution in [0.4, 0.5) is 4.79 Å². The standard InChI is InChI=1S/C13H26N4O3S/c1-16-5-6-17(2)10(9-16)8-14-13(20)15-11(12(18)19)4-7-21-3/h10-11H,4-9H2,1-3H3,(H,18,19)(H2,14,15,20)/t10?,11-/m0/s1. The summed E-state index contributed by atoms with van der Waals surface area (Å²) in [5.41, 5.74) is 0. The quantitative estimate of drug-likeness (QED) is 0.600. The lowest BCUT2D eigenvalue weighted by Gasteiger charge is -2.37. The zero-order chi connectivity index (χ0) is 15.8. The van der Waals surface area contributed by atoms with Gasteiger partial charge in [0.15, 0.2) is 0 Å². The Kier molecular flexibility index (Phi) is 7.84. The van der Waals surface area contributed by atoms with E-state index in [2.05, 4.69) is 27.5 Å². The molecule has 2 atom stereocenters. The van der Waals surface area contributed by atoms with E-state index in [1.807, 2.05) is 13.3 Å². The molecule has 1 aliphatic rings. The first-order chi connectivity index (χ1) is 9.93.